The summed E-state index contributed by atoms with van der Waals surface area (Å²) in [5.41, 5.74) is 6.84. The summed E-state index contributed by atoms with van der Waals surface area (Å²) in [6.07, 6.45) is 1.68. The highest BCUT2D eigenvalue weighted by Crippen LogP contribution is 2.21. The first-order valence-corrected chi connectivity index (χ1v) is 8.16. The Balaban J connectivity index is 1.55. The normalized spacial score (nSPS) is 19.7. The van der Waals surface area contributed by atoms with Gasteiger partial charge >= 0.3 is 0 Å². The van der Waals surface area contributed by atoms with Gasteiger partial charge in [-0.3, -0.25) is 9.59 Å². The molecule has 0 radical (unpaired) electrons. The molecule has 3 rings (SSSR count). The Morgan fingerprint density at radius 2 is 1.61 bits per heavy atom. The van der Waals surface area contributed by atoms with Crippen LogP contribution in [0.5, 0.6) is 0 Å². The SMILES string of the molecule is NC(=O)c1ccc(N2CCN(C(=O)C3CCOCC3)CC2)cc1. The summed E-state index contributed by atoms with van der Waals surface area (Å²) in [7, 11) is 0. The number of primary amides is 1. The third-order valence-electron chi connectivity index (χ3n) is 4.68. The lowest BCUT2D eigenvalue weighted by Gasteiger charge is -2.38. The van der Waals surface area contributed by atoms with Gasteiger partial charge in [-0.15, -0.1) is 0 Å². The van der Waals surface area contributed by atoms with E-state index in [9.17, 15) is 9.59 Å². The second-order valence-electron chi connectivity index (χ2n) is 6.11. The van der Waals surface area contributed by atoms with Gasteiger partial charge in [0.1, 0.15) is 0 Å². The maximum absolute atomic E-state index is 12.5. The Kier molecular flexibility index (Phi) is 4.81. The van der Waals surface area contributed by atoms with E-state index >= 15 is 0 Å². The van der Waals surface area contributed by atoms with E-state index in [2.05, 4.69) is 4.90 Å². The van der Waals surface area contributed by atoms with E-state index in [0.717, 1.165) is 44.7 Å². The maximum atomic E-state index is 12.5. The van der Waals surface area contributed by atoms with Gasteiger partial charge in [0.05, 0.1) is 0 Å². The van der Waals surface area contributed by atoms with E-state index < -0.39 is 5.91 Å². The number of hydrogen-bond donors (Lipinski definition) is 1. The Labute approximate surface area is 136 Å². The Morgan fingerprint density at radius 1 is 1.00 bits per heavy atom. The molecule has 0 spiro atoms. The van der Waals surface area contributed by atoms with Crippen molar-refractivity contribution in [3.63, 3.8) is 0 Å². The fraction of sp³-hybridized carbons (Fsp3) is 0.529. The first-order valence-electron chi connectivity index (χ1n) is 8.16. The summed E-state index contributed by atoms with van der Waals surface area (Å²) >= 11 is 0. The molecule has 0 aromatic heterocycles. The molecule has 2 heterocycles. The summed E-state index contributed by atoms with van der Waals surface area (Å²) < 4.78 is 5.33. The monoisotopic (exact) mass is 317 g/mol. The van der Waals surface area contributed by atoms with Gasteiger partial charge in [0, 0.05) is 56.6 Å². The quantitative estimate of drug-likeness (QED) is 0.897. The number of hydrogen-bond acceptors (Lipinski definition) is 4. The molecule has 2 N–H and O–H groups in total. The standard InChI is InChI=1S/C17H23N3O3/c18-16(21)13-1-3-15(4-2-13)19-7-9-20(10-8-19)17(22)14-5-11-23-12-6-14/h1-4,14H,5-12H2,(H2,18,21). The van der Waals surface area contributed by atoms with Crippen LogP contribution >= 0.6 is 0 Å². The molecular formula is C17H23N3O3. The lowest BCUT2D eigenvalue weighted by Crippen LogP contribution is -2.51. The first kappa shape index (κ1) is 15.8. The highest BCUT2D eigenvalue weighted by molar-refractivity contribution is 5.93. The van der Waals surface area contributed by atoms with Gasteiger partial charge in [-0.05, 0) is 37.1 Å². The van der Waals surface area contributed by atoms with E-state index in [-0.39, 0.29) is 11.8 Å². The van der Waals surface area contributed by atoms with Gasteiger partial charge in [0.25, 0.3) is 0 Å². The minimum atomic E-state index is -0.413. The van der Waals surface area contributed by atoms with Crippen LogP contribution in [0.15, 0.2) is 24.3 Å². The third-order valence-corrected chi connectivity index (χ3v) is 4.68. The molecule has 124 valence electrons. The lowest BCUT2D eigenvalue weighted by atomic mass is 9.98. The zero-order valence-electron chi connectivity index (χ0n) is 13.2. The van der Waals surface area contributed by atoms with E-state index in [1.807, 2.05) is 17.0 Å². The minimum absolute atomic E-state index is 0.130. The van der Waals surface area contributed by atoms with Crippen molar-refractivity contribution in [2.75, 3.05) is 44.3 Å². The topological polar surface area (TPSA) is 75.9 Å². The van der Waals surface area contributed by atoms with Crippen molar-refractivity contribution in [3.05, 3.63) is 29.8 Å². The van der Waals surface area contributed by atoms with Crippen LogP contribution < -0.4 is 10.6 Å². The molecular weight excluding hydrogens is 294 g/mol. The number of ether oxygens (including phenoxy) is 1. The van der Waals surface area contributed by atoms with Crippen molar-refractivity contribution in [1.82, 2.24) is 4.90 Å². The molecule has 1 aromatic rings. The van der Waals surface area contributed by atoms with Crippen LogP contribution in [-0.2, 0) is 9.53 Å². The van der Waals surface area contributed by atoms with Crippen LogP contribution in [0.1, 0.15) is 23.2 Å². The van der Waals surface area contributed by atoms with Crippen molar-refractivity contribution in [2.45, 2.75) is 12.8 Å². The average molecular weight is 317 g/mol. The summed E-state index contributed by atoms with van der Waals surface area (Å²) in [5.74, 6) is -0.00870. The number of carbonyl (C=O) groups excluding carboxylic acids is 2. The molecule has 0 saturated carbocycles. The highest BCUT2D eigenvalue weighted by Gasteiger charge is 2.28. The number of anilines is 1. The first-order chi connectivity index (χ1) is 11.1. The average Bonchev–Trinajstić information content (AvgIpc) is 2.62. The van der Waals surface area contributed by atoms with Gasteiger partial charge in [-0.1, -0.05) is 0 Å². The summed E-state index contributed by atoms with van der Waals surface area (Å²) in [6, 6.07) is 7.32. The molecule has 2 amide bonds. The molecule has 0 atom stereocenters. The Hall–Kier alpha value is -2.08. The summed E-state index contributed by atoms with van der Waals surface area (Å²) in [5, 5.41) is 0. The Bertz CT molecular complexity index is 559. The van der Waals surface area contributed by atoms with Gasteiger partial charge in [0.2, 0.25) is 11.8 Å². The predicted octanol–water partition coefficient (Wildman–Crippen LogP) is 0.861. The predicted molar refractivity (Wildman–Crippen MR) is 87.3 cm³/mol. The van der Waals surface area contributed by atoms with E-state index in [1.54, 1.807) is 12.1 Å². The molecule has 1 aromatic carbocycles. The number of rotatable bonds is 3. The van der Waals surface area contributed by atoms with E-state index in [1.165, 1.54) is 0 Å². The van der Waals surface area contributed by atoms with Crippen molar-refractivity contribution in [1.29, 1.82) is 0 Å². The van der Waals surface area contributed by atoms with Crippen LogP contribution in [0, 0.1) is 5.92 Å². The second-order valence-corrected chi connectivity index (χ2v) is 6.11. The van der Waals surface area contributed by atoms with Crippen LogP contribution in [0.25, 0.3) is 0 Å². The molecule has 2 aliphatic rings. The maximum Gasteiger partial charge on any atom is 0.248 e. The molecule has 2 fully saturated rings. The van der Waals surface area contributed by atoms with Crippen molar-refractivity contribution < 1.29 is 14.3 Å². The van der Waals surface area contributed by atoms with Crippen LogP contribution in [0.4, 0.5) is 5.69 Å². The van der Waals surface area contributed by atoms with Gasteiger partial charge < -0.3 is 20.3 Å². The second kappa shape index (κ2) is 7.00. The van der Waals surface area contributed by atoms with Gasteiger partial charge in [-0.25, -0.2) is 0 Å². The number of carbonyl (C=O) groups is 2. The molecule has 6 heteroatoms. The number of benzene rings is 1. The molecule has 0 unspecified atom stereocenters. The summed E-state index contributed by atoms with van der Waals surface area (Å²) in [4.78, 5) is 27.8. The van der Waals surface area contributed by atoms with Gasteiger partial charge in [-0.2, -0.15) is 0 Å². The molecule has 0 aliphatic carbocycles. The fourth-order valence-electron chi connectivity index (χ4n) is 3.22. The van der Waals surface area contributed by atoms with Crippen LogP contribution in [0.3, 0.4) is 0 Å². The number of piperazine rings is 1. The number of nitrogens with zero attached hydrogens (tertiary/aromatic N) is 2. The molecule has 23 heavy (non-hydrogen) atoms. The minimum Gasteiger partial charge on any atom is -0.381 e. The highest BCUT2D eigenvalue weighted by atomic mass is 16.5. The molecule has 2 saturated heterocycles. The van der Waals surface area contributed by atoms with Crippen LogP contribution in [0.2, 0.25) is 0 Å². The zero-order chi connectivity index (χ0) is 16.2. The number of amides is 2. The zero-order valence-corrected chi connectivity index (χ0v) is 13.2. The molecule has 6 nitrogen and oxygen atoms in total. The van der Waals surface area contributed by atoms with E-state index in [0.29, 0.717) is 18.8 Å². The smallest absolute Gasteiger partial charge is 0.248 e. The largest absolute Gasteiger partial charge is 0.381 e. The summed E-state index contributed by atoms with van der Waals surface area (Å²) in [6.45, 7) is 4.50. The third kappa shape index (κ3) is 3.64. The van der Waals surface area contributed by atoms with Crippen molar-refractivity contribution in [2.24, 2.45) is 11.7 Å². The fourth-order valence-corrected chi connectivity index (χ4v) is 3.22. The lowest BCUT2D eigenvalue weighted by molar-refractivity contribution is -0.138. The Morgan fingerprint density at radius 3 is 2.17 bits per heavy atom. The van der Waals surface area contributed by atoms with Crippen molar-refractivity contribution in [3.8, 4) is 0 Å². The number of nitrogens with two attached hydrogens (primary N) is 1. The van der Waals surface area contributed by atoms with Crippen LogP contribution in [-0.4, -0.2) is 56.1 Å². The molecule has 0 bridgehead atoms. The molecule has 2 aliphatic heterocycles. The van der Waals surface area contributed by atoms with Gasteiger partial charge in [0.15, 0.2) is 0 Å². The van der Waals surface area contributed by atoms with E-state index in [4.69, 9.17) is 10.5 Å². The van der Waals surface area contributed by atoms with Crippen molar-refractivity contribution >= 4 is 17.5 Å².